The average molecular weight is 249 g/mol. The maximum absolute atomic E-state index is 11.7. The molecule has 1 fully saturated rings. The van der Waals surface area contributed by atoms with Gasteiger partial charge in [-0.05, 0) is 25.2 Å². The zero-order chi connectivity index (χ0) is 12.6. The molecule has 1 amide bonds. The molecule has 92 valence electrons. The Morgan fingerprint density at radius 2 is 1.94 bits per heavy atom. The number of nitrogens with two attached hydrogens (primary N) is 1. The summed E-state index contributed by atoms with van der Waals surface area (Å²) < 4.78 is 23.4. The predicted molar refractivity (Wildman–Crippen MR) is 56.4 cm³/mol. The first kappa shape index (κ1) is 13.0. The molecule has 1 unspecified atom stereocenters. The van der Waals surface area contributed by atoms with Crippen molar-refractivity contribution in [3.63, 3.8) is 0 Å². The van der Waals surface area contributed by atoms with Crippen molar-refractivity contribution < 1.29 is 23.1 Å². The van der Waals surface area contributed by atoms with Crippen LogP contribution in [0.2, 0.25) is 0 Å². The van der Waals surface area contributed by atoms with E-state index in [1.807, 2.05) is 0 Å². The summed E-state index contributed by atoms with van der Waals surface area (Å²) in [6, 6.07) is 0. The molecule has 3 N–H and O–H groups in total. The summed E-state index contributed by atoms with van der Waals surface area (Å²) in [6.07, 6.45) is 0.978. The summed E-state index contributed by atoms with van der Waals surface area (Å²) in [6.45, 7) is 1.23. The van der Waals surface area contributed by atoms with E-state index < -0.39 is 32.4 Å². The first-order chi connectivity index (χ1) is 7.18. The highest BCUT2D eigenvalue weighted by Crippen LogP contribution is 2.50. The number of hydrogen-bond donors (Lipinski definition) is 2. The zero-order valence-electron chi connectivity index (χ0n) is 8.97. The molecular weight excluding hydrogens is 234 g/mol. The van der Waals surface area contributed by atoms with E-state index >= 15 is 0 Å². The monoisotopic (exact) mass is 249 g/mol. The minimum atomic E-state index is -3.64. The molecule has 0 saturated heterocycles. The molecule has 0 aliphatic heterocycles. The van der Waals surface area contributed by atoms with Gasteiger partial charge < -0.3 is 10.8 Å². The maximum Gasteiger partial charge on any atom is 0.303 e. The summed E-state index contributed by atoms with van der Waals surface area (Å²) in [5.74, 6) is -2.18. The van der Waals surface area contributed by atoms with Crippen molar-refractivity contribution in [1.29, 1.82) is 0 Å². The summed E-state index contributed by atoms with van der Waals surface area (Å²) in [5.41, 5.74) is 4.26. The van der Waals surface area contributed by atoms with Crippen LogP contribution in [0.1, 0.15) is 26.2 Å². The van der Waals surface area contributed by atoms with Crippen LogP contribution in [0.3, 0.4) is 0 Å². The molecular formula is C9H15NO5S. The molecule has 7 heteroatoms. The molecule has 0 aromatic heterocycles. The van der Waals surface area contributed by atoms with Crippen LogP contribution in [0.15, 0.2) is 0 Å². The van der Waals surface area contributed by atoms with E-state index in [2.05, 4.69) is 0 Å². The molecule has 1 atom stereocenters. The maximum atomic E-state index is 11.7. The van der Waals surface area contributed by atoms with Crippen LogP contribution in [0, 0.1) is 5.41 Å². The molecule has 0 aromatic rings. The molecule has 0 aromatic carbocycles. The second kappa shape index (κ2) is 4.04. The third-order valence-electron chi connectivity index (χ3n) is 2.93. The van der Waals surface area contributed by atoms with E-state index in [9.17, 15) is 18.0 Å². The predicted octanol–water partition coefficient (Wildman–Crippen LogP) is -0.470. The molecule has 0 radical (unpaired) electrons. The normalized spacial score (nSPS) is 20.1. The quantitative estimate of drug-likeness (QED) is 0.660. The fourth-order valence-electron chi connectivity index (χ4n) is 1.60. The Balaban J connectivity index is 2.74. The molecule has 0 heterocycles. The molecule has 1 rings (SSSR count). The van der Waals surface area contributed by atoms with Gasteiger partial charge in [0.15, 0.2) is 9.84 Å². The van der Waals surface area contributed by atoms with E-state index in [1.54, 1.807) is 0 Å². The standard InChI is InChI=1S/C9H15NO5S/c1-6(8(10)13)16(14,15)5-9(2-3-9)4-7(11)12/h6H,2-5H2,1H3,(H2,10,13)(H,11,12). The molecule has 0 spiro atoms. The molecule has 1 saturated carbocycles. The van der Waals surface area contributed by atoms with Crippen molar-refractivity contribution in [3.8, 4) is 0 Å². The van der Waals surface area contributed by atoms with Crippen LogP contribution in [0.5, 0.6) is 0 Å². The van der Waals surface area contributed by atoms with E-state index in [-0.39, 0.29) is 12.2 Å². The van der Waals surface area contributed by atoms with Crippen molar-refractivity contribution in [2.75, 3.05) is 5.75 Å². The largest absolute Gasteiger partial charge is 0.481 e. The van der Waals surface area contributed by atoms with Gasteiger partial charge in [-0.1, -0.05) is 0 Å². The van der Waals surface area contributed by atoms with Crippen molar-refractivity contribution in [2.45, 2.75) is 31.4 Å². The lowest BCUT2D eigenvalue weighted by Crippen LogP contribution is -2.37. The number of carbonyl (C=O) groups is 2. The van der Waals surface area contributed by atoms with Gasteiger partial charge >= 0.3 is 5.97 Å². The number of sulfone groups is 1. The highest BCUT2D eigenvalue weighted by atomic mass is 32.2. The van der Waals surface area contributed by atoms with Crippen molar-refractivity contribution in [3.05, 3.63) is 0 Å². The first-order valence-corrected chi connectivity index (χ1v) is 6.63. The Morgan fingerprint density at radius 3 is 2.25 bits per heavy atom. The molecule has 16 heavy (non-hydrogen) atoms. The van der Waals surface area contributed by atoms with Crippen molar-refractivity contribution >= 4 is 21.7 Å². The van der Waals surface area contributed by atoms with Gasteiger partial charge in [-0.2, -0.15) is 0 Å². The minimum Gasteiger partial charge on any atom is -0.481 e. The Morgan fingerprint density at radius 1 is 1.44 bits per heavy atom. The van der Waals surface area contributed by atoms with Crippen LogP contribution < -0.4 is 5.73 Å². The lowest BCUT2D eigenvalue weighted by Gasteiger charge is -2.15. The Bertz CT molecular complexity index is 410. The first-order valence-electron chi connectivity index (χ1n) is 4.91. The van der Waals surface area contributed by atoms with Gasteiger partial charge in [-0.25, -0.2) is 8.42 Å². The summed E-state index contributed by atoms with van der Waals surface area (Å²) in [4.78, 5) is 21.4. The fourth-order valence-corrected chi connectivity index (χ4v) is 3.45. The van der Waals surface area contributed by atoms with Crippen LogP contribution in [-0.4, -0.2) is 36.4 Å². The SMILES string of the molecule is CC(C(N)=O)S(=O)(=O)CC1(CC(=O)O)CC1. The van der Waals surface area contributed by atoms with Crippen LogP contribution in [-0.2, 0) is 19.4 Å². The molecule has 6 nitrogen and oxygen atoms in total. The van der Waals surface area contributed by atoms with Gasteiger partial charge in [0.1, 0.15) is 5.25 Å². The van der Waals surface area contributed by atoms with Gasteiger partial charge in [0.05, 0.1) is 12.2 Å². The average Bonchev–Trinajstić information content (AvgIpc) is 2.80. The Labute approximate surface area is 93.7 Å². The van der Waals surface area contributed by atoms with Gasteiger partial charge in [-0.15, -0.1) is 0 Å². The van der Waals surface area contributed by atoms with E-state index in [0.717, 1.165) is 0 Å². The van der Waals surface area contributed by atoms with Crippen molar-refractivity contribution in [1.82, 2.24) is 0 Å². The van der Waals surface area contributed by atoms with Crippen molar-refractivity contribution in [2.24, 2.45) is 11.1 Å². The lowest BCUT2D eigenvalue weighted by molar-refractivity contribution is -0.138. The third kappa shape index (κ3) is 2.94. The second-order valence-electron chi connectivity index (χ2n) is 4.42. The second-order valence-corrected chi connectivity index (χ2v) is 6.74. The topological polar surface area (TPSA) is 115 Å². The highest BCUT2D eigenvalue weighted by Gasteiger charge is 2.49. The number of carboxylic acids is 1. The summed E-state index contributed by atoms with van der Waals surface area (Å²) in [7, 11) is -3.64. The van der Waals surface area contributed by atoms with E-state index in [0.29, 0.717) is 12.8 Å². The Kier molecular flexibility index (Phi) is 3.27. The van der Waals surface area contributed by atoms with Crippen LogP contribution in [0.4, 0.5) is 0 Å². The zero-order valence-corrected chi connectivity index (χ0v) is 9.79. The Hall–Kier alpha value is -1.11. The minimum absolute atomic E-state index is 0.169. The molecule has 0 bridgehead atoms. The van der Waals surface area contributed by atoms with Gasteiger partial charge in [0.25, 0.3) is 0 Å². The smallest absolute Gasteiger partial charge is 0.303 e. The van der Waals surface area contributed by atoms with Crippen LogP contribution in [0.25, 0.3) is 0 Å². The third-order valence-corrected chi connectivity index (χ3v) is 5.25. The molecule has 1 aliphatic rings. The van der Waals surface area contributed by atoms with E-state index in [4.69, 9.17) is 10.8 Å². The number of carboxylic acid groups (broad SMARTS) is 1. The highest BCUT2D eigenvalue weighted by molar-refractivity contribution is 7.92. The van der Waals surface area contributed by atoms with Gasteiger partial charge in [0.2, 0.25) is 5.91 Å². The van der Waals surface area contributed by atoms with Gasteiger partial charge in [0, 0.05) is 0 Å². The van der Waals surface area contributed by atoms with E-state index in [1.165, 1.54) is 6.92 Å². The van der Waals surface area contributed by atoms with Gasteiger partial charge in [-0.3, -0.25) is 9.59 Å². The fraction of sp³-hybridized carbons (Fsp3) is 0.778. The number of primary amides is 1. The lowest BCUT2D eigenvalue weighted by atomic mass is 10.1. The number of carbonyl (C=O) groups excluding carboxylic acids is 1. The molecule has 1 aliphatic carbocycles. The number of amides is 1. The number of hydrogen-bond acceptors (Lipinski definition) is 4. The summed E-state index contributed by atoms with van der Waals surface area (Å²) >= 11 is 0. The summed E-state index contributed by atoms with van der Waals surface area (Å²) in [5, 5.41) is 7.40. The number of rotatable bonds is 6. The number of aliphatic carboxylic acids is 1. The van der Waals surface area contributed by atoms with Crippen LogP contribution >= 0.6 is 0 Å².